The van der Waals surface area contributed by atoms with Crippen LogP contribution >= 0.6 is 15.9 Å². The van der Waals surface area contributed by atoms with Crippen LogP contribution in [-0.2, 0) is 32.6 Å². The highest BCUT2D eigenvalue weighted by Gasteiger charge is 2.34. The molecular formula is C35H38BrN3O4S. The summed E-state index contributed by atoms with van der Waals surface area (Å²) >= 11 is 3.41. The van der Waals surface area contributed by atoms with Gasteiger partial charge >= 0.3 is 0 Å². The van der Waals surface area contributed by atoms with Gasteiger partial charge in [-0.1, -0.05) is 103 Å². The molecule has 4 rings (SSSR count). The number of sulfonamides is 1. The predicted octanol–water partition coefficient (Wildman–Crippen LogP) is 6.37. The zero-order valence-corrected chi connectivity index (χ0v) is 27.6. The lowest BCUT2D eigenvalue weighted by Gasteiger charge is -2.34. The van der Waals surface area contributed by atoms with Crippen molar-refractivity contribution >= 4 is 43.5 Å². The van der Waals surface area contributed by atoms with Gasteiger partial charge in [0.05, 0.1) is 10.6 Å². The van der Waals surface area contributed by atoms with Gasteiger partial charge in [0.15, 0.2) is 0 Å². The van der Waals surface area contributed by atoms with Gasteiger partial charge in [-0.3, -0.25) is 13.9 Å². The zero-order valence-electron chi connectivity index (χ0n) is 25.2. The van der Waals surface area contributed by atoms with Crippen molar-refractivity contribution < 1.29 is 18.0 Å². The van der Waals surface area contributed by atoms with Crippen molar-refractivity contribution in [2.75, 3.05) is 17.4 Å². The van der Waals surface area contributed by atoms with Crippen LogP contribution < -0.4 is 9.62 Å². The topological polar surface area (TPSA) is 86.8 Å². The number of amides is 2. The third-order valence-electron chi connectivity index (χ3n) is 7.28. The number of benzene rings is 4. The van der Waals surface area contributed by atoms with Gasteiger partial charge in [-0.25, -0.2) is 8.42 Å². The monoisotopic (exact) mass is 675 g/mol. The Morgan fingerprint density at radius 2 is 1.41 bits per heavy atom. The van der Waals surface area contributed by atoms with Gasteiger partial charge in [-0.15, -0.1) is 0 Å². The summed E-state index contributed by atoms with van der Waals surface area (Å²) in [6, 6.07) is 31.2. The molecule has 0 aliphatic heterocycles. The van der Waals surface area contributed by atoms with E-state index in [4.69, 9.17) is 0 Å². The Labute approximate surface area is 269 Å². The summed E-state index contributed by atoms with van der Waals surface area (Å²) in [7, 11) is -4.13. The standard InChI is InChI=1S/C35H38BrN3O4S/c1-26(2)23-37-35(41)33(22-28-13-6-4-7-14-28)38(24-29-15-11-10-12-27(29)3)34(40)25-39(31-20-18-30(36)19-21-31)44(42,43)32-16-8-5-9-17-32/h4-21,26,33H,22-25H2,1-3H3,(H,37,41)/t33-/m0/s1. The second-order valence-electron chi connectivity index (χ2n) is 11.1. The van der Waals surface area contributed by atoms with Crippen molar-refractivity contribution in [3.63, 3.8) is 0 Å². The molecule has 0 unspecified atom stereocenters. The molecule has 9 heteroatoms. The molecule has 0 aliphatic rings. The molecule has 230 valence electrons. The molecule has 0 radical (unpaired) electrons. The number of hydrogen-bond acceptors (Lipinski definition) is 4. The molecule has 44 heavy (non-hydrogen) atoms. The van der Waals surface area contributed by atoms with Gasteiger partial charge in [0, 0.05) is 24.0 Å². The Morgan fingerprint density at radius 3 is 2.02 bits per heavy atom. The first-order valence-electron chi connectivity index (χ1n) is 14.5. The highest BCUT2D eigenvalue weighted by molar-refractivity contribution is 9.10. The van der Waals surface area contributed by atoms with Crippen LogP contribution in [0, 0.1) is 12.8 Å². The van der Waals surface area contributed by atoms with E-state index in [1.54, 1.807) is 42.5 Å². The number of rotatable bonds is 13. The molecule has 0 bridgehead atoms. The zero-order chi connectivity index (χ0) is 31.7. The maximum atomic E-state index is 14.5. The average molecular weight is 677 g/mol. The maximum absolute atomic E-state index is 14.5. The van der Waals surface area contributed by atoms with E-state index in [1.165, 1.54) is 17.0 Å². The fraction of sp³-hybridized carbons (Fsp3) is 0.257. The van der Waals surface area contributed by atoms with Gasteiger partial charge in [-0.2, -0.15) is 0 Å². The lowest BCUT2D eigenvalue weighted by molar-refractivity contribution is -0.140. The number of nitrogens with zero attached hydrogens (tertiary/aromatic N) is 2. The van der Waals surface area contributed by atoms with E-state index in [-0.39, 0.29) is 29.7 Å². The Hall–Kier alpha value is -3.95. The molecular weight excluding hydrogens is 638 g/mol. The summed E-state index contributed by atoms with van der Waals surface area (Å²) < 4.78 is 29.9. The lowest BCUT2D eigenvalue weighted by Crippen LogP contribution is -2.53. The van der Waals surface area contributed by atoms with E-state index in [1.807, 2.05) is 75.4 Å². The number of nitrogens with one attached hydrogen (secondary N) is 1. The average Bonchev–Trinajstić information content (AvgIpc) is 3.02. The highest BCUT2D eigenvalue weighted by atomic mass is 79.9. The molecule has 0 spiro atoms. The number of anilines is 1. The second-order valence-corrected chi connectivity index (χ2v) is 13.9. The quantitative estimate of drug-likeness (QED) is 0.179. The lowest BCUT2D eigenvalue weighted by atomic mass is 10.0. The Balaban J connectivity index is 1.79. The van der Waals surface area contributed by atoms with E-state index in [0.29, 0.717) is 12.2 Å². The van der Waals surface area contributed by atoms with Crippen LogP contribution in [0.3, 0.4) is 0 Å². The summed E-state index contributed by atoms with van der Waals surface area (Å²) in [4.78, 5) is 29.9. The summed E-state index contributed by atoms with van der Waals surface area (Å²) in [6.45, 7) is 6.06. The molecule has 0 heterocycles. The smallest absolute Gasteiger partial charge is 0.264 e. The summed E-state index contributed by atoms with van der Waals surface area (Å²) in [5.41, 5.74) is 3.07. The van der Waals surface area contributed by atoms with Gasteiger partial charge in [0.1, 0.15) is 12.6 Å². The van der Waals surface area contributed by atoms with Gasteiger partial charge in [0.25, 0.3) is 10.0 Å². The van der Waals surface area contributed by atoms with Crippen LogP contribution in [0.4, 0.5) is 5.69 Å². The first kappa shape index (κ1) is 33.0. The van der Waals surface area contributed by atoms with Gasteiger partial charge in [0.2, 0.25) is 11.8 Å². The minimum Gasteiger partial charge on any atom is -0.354 e. The van der Waals surface area contributed by atoms with Crippen LogP contribution in [0.5, 0.6) is 0 Å². The third kappa shape index (κ3) is 8.57. The third-order valence-corrected chi connectivity index (χ3v) is 9.60. The number of halogens is 1. The Morgan fingerprint density at radius 1 is 0.818 bits per heavy atom. The molecule has 2 amide bonds. The fourth-order valence-corrected chi connectivity index (χ4v) is 6.50. The fourth-order valence-electron chi connectivity index (χ4n) is 4.80. The molecule has 4 aromatic rings. The first-order chi connectivity index (χ1) is 21.1. The van der Waals surface area contributed by atoms with E-state index in [2.05, 4.69) is 21.2 Å². The molecule has 0 aliphatic carbocycles. The number of carbonyl (C=O) groups is 2. The van der Waals surface area contributed by atoms with Crippen molar-refractivity contribution in [2.24, 2.45) is 5.92 Å². The number of hydrogen-bond donors (Lipinski definition) is 1. The molecule has 0 aromatic heterocycles. The van der Waals surface area contributed by atoms with Crippen LogP contribution in [0.15, 0.2) is 119 Å². The summed E-state index contributed by atoms with van der Waals surface area (Å²) in [5.74, 6) is -0.567. The normalized spacial score (nSPS) is 12.0. The van der Waals surface area contributed by atoms with Crippen LogP contribution in [0.1, 0.15) is 30.5 Å². The maximum Gasteiger partial charge on any atom is 0.264 e. The van der Waals surface area contributed by atoms with Crippen molar-refractivity contribution in [3.8, 4) is 0 Å². The van der Waals surface area contributed by atoms with Crippen molar-refractivity contribution in [1.82, 2.24) is 10.2 Å². The Bertz CT molecular complexity index is 1650. The van der Waals surface area contributed by atoms with E-state index < -0.39 is 28.5 Å². The van der Waals surface area contributed by atoms with Crippen molar-refractivity contribution in [3.05, 3.63) is 130 Å². The molecule has 1 atom stereocenters. The largest absolute Gasteiger partial charge is 0.354 e. The van der Waals surface area contributed by atoms with Crippen LogP contribution in [0.2, 0.25) is 0 Å². The second kappa shape index (κ2) is 15.2. The minimum absolute atomic E-state index is 0.0664. The molecule has 4 aromatic carbocycles. The predicted molar refractivity (Wildman–Crippen MR) is 179 cm³/mol. The van der Waals surface area contributed by atoms with E-state index in [9.17, 15) is 18.0 Å². The highest BCUT2D eigenvalue weighted by Crippen LogP contribution is 2.26. The molecule has 0 saturated heterocycles. The molecule has 1 N–H and O–H groups in total. The van der Waals surface area contributed by atoms with Crippen LogP contribution in [-0.4, -0.2) is 44.3 Å². The van der Waals surface area contributed by atoms with Crippen molar-refractivity contribution in [1.29, 1.82) is 0 Å². The minimum atomic E-state index is -4.13. The number of aryl methyl sites for hydroxylation is 1. The molecule has 0 fully saturated rings. The van der Waals surface area contributed by atoms with Gasteiger partial charge < -0.3 is 10.2 Å². The van der Waals surface area contributed by atoms with Crippen molar-refractivity contribution in [2.45, 2.75) is 44.7 Å². The van der Waals surface area contributed by atoms with Gasteiger partial charge in [-0.05, 0) is 65.9 Å². The van der Waals surface area contributed by atoms with E-state index >= 15 is 0 Å². The number of carbonyl (C=O) groups excluding carboxylic acids is 2. The first-order valence-corrected chi connectivity index (χ1v) is 16.8. The summed E-state index contributed by atoms with van der Waals surface area (Å²) in [5, 5.41) is 3.02. The van der Waals surface area contributed by atoms with Crippen LogP contribution in [0.25, 0.3) is 0 Å². The SMILES string of the molecule is Cc1ccccc1CN(C(=O)CN(c1ccc(Br)cc1)S(=O)(=O)c1ccccc1)[C@@H](Cc1ccccc1)C(=O)NCC(C)C. The molecule has 7 nitrogen and oxygen atoms in total. The van der Waals surface area contributed by atoms with E-state index in [0.717, 1.165) is 25.5 Å². The summed E-state index contributed by atoms with van der Waals surface area (Å²) in [6.07, 6.45) is 0.270. The molecule has 0 saturated carbocycles. The Kier molecular flexibility index (Phi) is 11.4.